The maximum atomic E-state index is 11.0. The SMILES string of the molecule is CCC(C(C)C1CCC(O)CC1)C1(O)CCCCC1. The van der Waals surface area contributed by atoms with Crippen molar-refractivity contribution in [3.05, 3.63) is 0 Å². The summed E-state index contributed by atoms with van der Waals surface area (Å²) in [6, 6.07) is 0. The van der Waals surface area contributed by atoms with Crippen LogP contribution in [0.2, 0.25) is 0 Å². The molecule has 2 fully saturated rings. The number of hydrogen-bond acceptors (Lipinski definition) is 2. The van der Waals surface area contributed by atoms with Crippen LogP contribution in [0.5, 0.6) is 0 Å². The number of rotatable bonds is 4. The fourth-order valence-corrected chi connectivity index (χ4v) is 4.73. The molecule has 2 heteroatoms. The Morgan fingerprint density at radius 1 is 1.05 bits per heavy atom. The van der Waals surface area contributed by atoms with Gasteiger partial charge in [0.1, 0.15) is 0 Å². The minimum absolute atomic E-state index is 0.0682. The second-order valence-corrected chi connectivity index (χ2v) is 7.11. The van der Waals surface area contributed by atoms with E-state index in [0.29, 0.717) is 17.8 Å². The highest BCUT2D eigenvalue weighted by molar-refractivity contribution is 4.93. The molecular weight excluding hydrogens is 236 g/mol. The highest BCUT2D eigenvalue weighted by atomic mass is 16.3. The molecule has 2 N–H and O–H groups in total. The Morgan fingerprint density at radius 2 is 1.63 bits per heavy atom. The lowest BCUT2D eigenvalue weighted by molar-refractivity contribution is -0.0823. The fourth-order valence-electron chi connectivity index (χ4n) is 4.73. The predicted molar refractivity (Wildman–Crippen MR) is 78.9 cm³/mol. The Hall–Kier alpha value is -0.0800. The molecule has 0 saturated heterocycles. The van der Waals surface area contributed by atoms with E-state index in [0.717, 1.165) is 44.9 Å². The smallest absolute Gasteiger partial charge is 0.0678 e. The molecule has 0 bridgehead atoms. The average molecular weight is 268 g/mol. The van der Waals surface area contributed by atoms with Gasteiger partial charge in [0.2, 0.25) is 0 Å². The monoisotopic (exact) mass is 268 g/mol. The van der Waals surface area contributed by atoms with Gasteiger partial charge in [-0.3, -0.25) is 0 Å². The van der Waals surface area contributed by atoms with Crippen molar-refractivity contribution in [2.75, 3.05) is 0 Å². The lowest BCUT2D eigenvalue weighted by atomic mass is 9.64. The molecule has 2 saturated carbocycles. The quantitative estimate of drug-likeness (QED) is 0.812. The van der Waals surface area contributed by atoms with E-state index in [4.69, 9.17) is 0 Å². The van der Waals surface area contributed by atoms with Gasteiger partial charge < -0.3 is 10.2 Å². The van der Waals surface area contributed by atoms with E-state index in [2.05, 4.69) is 13.8 Å². The molecule has 0 aliphatic heterocycles. The van der Waals surface area contributed by atoms with E-state index in [1.54, 1.807) is 0 Å². The summed E-state index contributed by atoms with van der Waals surface area (Å²) in [5.41, 5.74) is -0.400. The summed E-state index contributed by atoms with van der Waals surface area (Å²) in [4.78, 5) is 0. The molecule has 2 nitrogen and oxygen atoms in total. The van der Waals surface area contributed by atoms with Gasteiger partial charge in [0.25, 0.3) is 0 Å². The second kappa shape index (κ2) is 6.58. The van der Waals surface area contributed by atoms with Gasteiger partial charge in [-0.2, -0.15) is 0 Å². The third-order valence-corrected chi connectivity index (χ3v) is 5.97. The Balaban J connectivity index is 1.99. The molecule has 0 amide bonds. The van der Waals surface area contributed by atoms with Crippen molar-refractivity contribution < 1.29 is 10.2 Å². The standard InChI is InChI=1S/C17H32O2/c1-3-16(17(19)11-5-4-6-12-17)13(2)14-7-9-15(18)10-8-14/h13-16,18-19H,3-12H2,1-2H3. The van der Waals surface area contributed by atoms with Crippen molar-refractivity contribution in [3.63, 3.8) is 0 Å². The highest BCUT2D eigenvalue weighted by Gasteiger charge is 2.42. The maximum Gasteiger partial charge on any atom is 0.0678 e. The van der Waals surface area contributed by atoms with Crippen LogP contribution in [-0.4, -0.2) is 21.9 Å². The van der Waals surface area contributed by atoms with Crippen LogP contribution in [0.1, 0.15) is 78.1 Å². The lowest BCUT2D eigenvalue weighted by Gasteiger charge is -2.45. The summed E-state index contributed by atoms with van der Waals surface area (Å²) in [7, 11) is 0. The molecule has 112 valence electrons. The van der Waals surface area contributed by atoms with Gasteiger partial charge >= 0.3 is 0 Å². The first-order valence-electron chi connectivity index (χ1n) is 8.47. The molecule has 0 aromatic carbocycles. The molecule has 0 heterocycles. The fraction of sp³-hybridized carbons (Fsp3) is 1.00. The summed E-state index contributed by atoms with van der Waals surface area (Å²) in [6.45, 7) is 4.59. The predicted octanol–water partition coefficient (Wildman–Crippen LogP) is 3.90. The van der Waals surface area contributed by atoms with Gasteiger partial charge in [-0.25, -0.2) is 0 Å². The zero-order valence-electron chi connectivity index (χ0n) is 12.8. The minimum atomic E-state index is -0.400. The van der Waals surface area contributed by atoms with Crippen LogP contribution in [0.15, 0.2) is 0 Å². The van der Waals surface area contributed by atoms with Crippen molar-refractivity contribution in [2.45, 2.75) is 89.8 Å². The van der Waals surface area contributed by atoms with Crippen LogP contribution in [0.3, 0.4) is 0 Å². The molecule has 19 heavy (non-hydrogen) atoms. The van der Waals surface area contributed by atoms with Gasteiger partial charge in [-0.15, -0.1) is 0 Å². The molecule has 2 atom stereocenters. The summed E-state index contributed by atoms with van der Waals surface area (Å²) in [5.74, 6) is 1.76. The van der Waals surface area contributed by atoms with E-state index in [9.17, 15) is 10.2 Å². The molecule has 2 aliphatic carbocycles. The zero-order chi connectivity index (χ0) is 13.9. The number of hydrogen-bond donors (Lipinski definition) is 2. The van der Waals surface area contributed by atoms with Gasteiger partial charge in [0.05, 0.1) is 11.7 Å². The first-order chi connectivity index (χ1) is 9.07. The molecule has 2 rings (SSSR count). The van der Waals surface area contributed by atoms with Crippen LogP contribution in [0, 0.1) is 17.8 Å². The summed E-state index contributed by atoms with van der Waals surface area (Å²) in [6.07, 6.45) is 10.9. The van der Waals surface area contributed by atoms with Crippen molar-refractivity contribution in [1.29, 1.82) is 0 Å². The molecule has 0 aromatic rings. The number of aliphatic hydroxyl groups is 2. The Kier molecular flexibility index (Phi) is 5.30. The van der Waals surface area contributed by atoms with Gasteiger partial charge in [0.15, 0.2) is 0 Å². The van der Waals surface area contributed by atoms with Gasteiger partial charge in [0, 0.05) is 0 Å². The van der Waals surface area contributed by atoms with E-state index in [1.165, 1.54) is 19.3 Å². The third kappa shape index (κ3) is 3.52. The van der Waals surface area contributed by atoms with Crippen molar-refractivity contribution >= 4 is 0 Å². The molecule has 0 spiro atoms. The normalized spacial score (nSPS) is 34.7. The molecule has 2 unspecified atom stereocenters. The molecular formula is C17H32O2. The van der Waals surface area contributed by atoms with E-state index in [-0.39, 0.29) is 6.10 Å². The van der Waals surface area contributed by atoms with E-state index >= 15 is 0 Å². The largest absolute Gasteiger partial charge is 0.393 e. The highest BCUT2D eigenvalue weighted by Crippen LogP contribution is 2.44. The van der Waals surface area contributed by atoms with Crippen molar-refractivity contribution in [1.82, 2.24) is 0 Å². The average Bonchev–Trinajstić information content (AvgIpc) is 2.40. The first-order valence-corrected chi connectivity index (χ1v) is 8.47. The molecule has 0 aromatic heterocycles. The van der Waals surface area contributed by atoms with Crippen LogP contribution < -0.4 is 0 Å². The summed E-state index contributed by atoms with van der Waals surface area (Å²) < 4.78 is 0. The van der Waals surface area contributed by atoms with Crippen molar-refractivity contribution in [3.8, 4) is 0 Å². The van der Waals surface area contributed by atoms with E-state index < -0.39 is 5.60 Å². The van der Waals surface area contributed by atoms with E-state index in [1.807, 2.05) is 0 Å². The lowest BCUT2D eigenvalue weighted by Crippen LogP contribution is -2.45. The Labute approximate surface area is 118 Å². The maximum absolute atomic E-state index is 11.0. The molecule has 0 radical (unpaired) electrons. The Bertz CT molecular complexity index is 262. The van der Waals surface area contributed by atoms with Crippen LogP contribution in [-0.2, 0) is 0 Å². The zero-order valence-corrected chi connectivity index (χ0v) is 12.8. The first kappa shape index (κ1) is 15.3. The van der Waals surface area contributed by atoms with Crippen LogP contribution >= 0.6 is 0 Å². The second-order valence-electron chi connectivity index (χ2n) is 7.11. The number of aliphatic hydroxyl groups excluding tert-OH is 1. The van der Waals surface area contributed by atoms with Gasteiger partial charge in [-0.05, 0) is 56.3 Å². The summed E-state index contributed by atoms with van der Waals surface area (Å²) in [5, 5.41) is 20.7. The van der Waals surface area contributed by atoms with Crippen LogP contribution in [0.4, 0.5) is 0 Å². The van der Waals surface area contributed by atoms with Crippen LogP contribution in [0.25, 0.3) is 0 Å². The topological polar surface area (TPSA) is 40.5 Å². The summed E-state index contributed by atoms with van der Waals surface area (Å²) >= 11 is 0. The minimum Gasteiger partial charge on any atom is -0.393 e. The van der Waals surface area contributed by atoms with Crippen molar-refractivity contribution in [2.24, 2.45) is 17.8 Å². The third-order valence-electron chi connectivity index (χ3n) is 5.97. The van der Waals surface area contributed by atoms with Gasteiger partial charge in [-0.1, -0.05) is 39.5 Å². The molecule has 2 aliphatic rings. The Morgan fingerprint density at radius 3 is 2.16 bits per heavy atom.